The normalized spacial score (nSPS) is 10.7. The Labute approximate surface area is 115 Å². The maximum Gasteiger partial charge on any atom is 0.169 e. The van der Waals surface area contributed by atoms with Gasteiger partial charge in [0.05, 0.1) is 0 Å². The minimum Gasteiger partial charge on any atom is -0.296 e. The molecule has 0 N–H and O–H groups in total. The van der Waals surface area contributed by atoms with Gasteiger partial charge in [-0.2, -0.15) is 0 Å². The standard InChI is InChI=1S/C14H14N2O2S/c1-9(2)7-13-12(8-17)15-14(19-13)10-5-3-4-6-11(10)16-18/h3-6,8-9H,7H2,1-2H3. The summed E-state index contributed by atoms with van der Waals surface area (Å²) in [5.41, 5.74) is 1.50. The van der Waals surface area contributed by atoms with Crippen LogP contribution in [-0.4, -0.2) is 11.3 Å². The van der Waals surface area contributed by atoms with Gasteiger partial charge in [0, 0.05) is 10.4 Å². The Morgan fingerprint density at radius 3 is 2.74 bits per heavy atom. The van der Waals surface area contributed by atoms with Gasteiger partial charge >= 0.3 is 0 Å². The fraction of sp³-hybridized carbons (Fsp3) is 0.286. The number of hydrogen-bond donors (Lipinski definition) is 0. The largest absolute Gasteiger partial charge is 0.296 e. The van der Waals surface area contributed by atoms with Gasteiger partial charge in [-0.3, -0.25) is 4.79 Å². The van der Waals surface area contributed by atoms with Crippen LogP contribution in [0.2, 0.25) is 0 Å². The van der Waals surface area contributed by atoms with Crippen molar-refractivity contribution in [3.8, 4) is 10.6 Å². The summed E-state index contributed by atoms with van der Waals surface area (Å²) in [6.45, 7) is 4.18. The molecule has 98 valence electrons. The molecule has 1 heterocycles. The molecular formula is C14H14N2O2S. The third kappa shape index (κ3) is 2.93. The van der Waals surface area contributed by atoms with Gasteiger partial charge in [-0.25, -0.2) is 4.98 Å². The maximum absolute atomic E-state index is 11.1. The predicted molar refractivity (Wildman–Crippen MR) is 76.9 cm³/mol. The molecule has 4 nitrogen and oxygen atoms in total. The summed E-state index contributed by atoms with van der Waals surface area (Å²) in [4.78, 5) is 27.1. The number of nitrogens with zero attached hydrogens (tertiary/aromatic N) is 2. The number of carbonyl (C=O) groups excluding carboxylic acids is 1. The molecule has 5 heteroatoms. The summed E-state index contributed by atoms with van der Waals surface area (Å²) < 4.78 is 0. The Bertz CT molecular complexity index is 605. The van der Waals surface area contributed by atoms with Gasteiger partial charge in [0.25, 0.3) is 0 Å². The van der Waals surface area contributed by atoms with E-state index in [1.807, 2.05) is 6.07 Å². The molecule has 0 unspecified atom stereocenters. The van der Waals surface area contributed by atoms with E-state index >= 15 is 0 Å². The second-order valence-corrected chi connectivity index (χ2v) is 5.74. The van der Waals surface area contributed by atoms with Crippen molar-refractivity contribution in [2.45, 2.75) is 20.3 Å². The summed E-state index contributed by atoms with van der Waals surface area (Å²) in [6.07, 6.45) is 1.58. The Kier molecular flexibility index (Phi) is 4.16. The number of benzene rings is 1. The number of hydrogen-bond acceptors (Lipinski definition) is 5. The quantitative estimate of drug-likeness (QED) is 0.606. The highest BCUT2D eigenvalue weighted by atomic mass is 32.1. The molecule has 0 fully saturated rings. The fourth-order valence-corrected chi connectivity index (χ4v) is 3.10. The molecule has 0 aliphatic carbocycles. The first-order chi connectivity index (χ1) is 9.15. The molecule has 0 saturated carbocycles. The number of rotatable bonds is 5. The lowest BCUT2D eigenvalue weighted by molar-refractivity contribution is 0.111. The topological polar surface area (TPSA) is 59.4 Å². The van der Waals surface area contributed by atoms with E-state index in [0.29, 0.717) is 27.9 Å². The molecule has 0 saturated heterocycles. The predicted octanol–water partition coefficient (Wildman–Crippen LogP) is 4.22. The van der Waals surface area contributed by atoms with Crippen molar-refractivity contribution in [3.05, 3.63) is 39.7 Å². The van der Waals surface area contributed by atoms with Crippen molar-refractivity contribution in [2.75, 3.05) is 0 Å². The van der Waals surface area contributed by atoms with E-state index in [0.717, 1.165) is 17.6 Å². The molecule has 0 aliphatic rings. The fourth-order valence-electron chi connectivity index (χ4n) is 1.82. The summed E-state index contributed by atoms with van der Waals surface area (Å²) in [7, 11) is 0. The molecule has 0 spiro atoms. The average Bonchev–Trinajstić information content (AvgIpc) is 2.80. The van der Waals surface area contributed by atoms with Gasteiger partial charge in [0.2, 0.25) is 0 Å². The van der Waals surface area contributed by atoms with Crippen LogP contribution in [0.15, 0.2) is 29.4 Å². The summed E-state index contributed by atoms with van der Waals surface area (Å²) in [5.74, 6) is 0.450. The number of nitroso groups, excluding NO2 is 1. The van der Waals surface area contributed by atoms with Gasteiger partial charge in [-0.1, -0.05) is 26.0 Å². The van der Waals surface area contributed by atoms with Crippen LogP contribution in [0.3, 0.4) is 0 Å². The zero-order chi connectivity index (χ0) is 13.8. The van der Waals surface area contributed by atoms with E-state index in [4.69, 9.17) is 0 Å². The van der Waals surface area contributed by atoms with Gasteiger partial charge in [-0.15, -0.1) is 16.2 Å². The van der Waals surface area contributed by atoms with Crippen molar-refractivity contribution >= 4 is 23.3 Å². The smallest absolute Gasteiger partial charge is 0.169 e. The third-order valence-corrected chi connectivity index (χ3v) is 3.79. The molecule has 19 heavy (non-hydrogen) atoms. The number of thiazole rings is 1. The first-order valence-electron chi connectivity index (χ1n) is 6.03. The molecule has 2 aromatic rings. The Morgan fingerprint density at radius 2 is 2.11 bits per heavy atom. The first kappa shape index (κ1) is 13.5. The highest BCUT2D eigenvalue weighted by Crippen LogP contribution is 2.34. The van der Waals surface area contributed by atoms with Crippen LogP contribution in [0, 0.1) is 10.8 Å². The summed E-state index contributed by atoms with van der Waals surface area (Å²) in [5, 5.41) is 3.67. The minimum atomic E-state index is 0.352. The van der Waals surface area contributed by atoms with Gasteiger partial charge < -0.3 is 0 Å². The van der Waals surface area contributed by atoms with Gasteiger partial charge in [-0.05, 0) is 29.6 Å². The lowest BCUT2D eigenvalue weighted by atomic mass is 10.1. The SMILES string of the molecule is CC(C)Cc1sc(-c2ccccc2N=O)nc1C=O. The highest BCUT2D eigenvalue weighted by Gasteiger charge is 2.15. The van der Waals surface area contributed by atoms with E-state index in [9.17, 15) is 9.70 Å². The number of aromatic nitrogens is 1. The number of carbonyl (C=O) groups is 1. The zero-order valence-electron chi connectivity index (χ0n) is 10.8. The van der Waals surface area contributed by atoms with Crippen LogP contribution >= 0.6 is 11.3 Å². The lowest BCUT2D eigenvalue weighted by Gasteiger charge is -2.00. The van der Waals surface area contributed by atoms with Crippen molar-refractivity contribution in [2.24, 2.45) is 11.1 Å². The Morgan fingerprint density at radius 1 is 1.37 bits per heavy atom. The molecule has 1 aromatic carbocycles. The lowest BCUT2D eigenvalue weighted by Crippen LogP contribution is -1.95. The second-order valence-electron chi connectivity index (χ2n) is 4.65. The second kappa shape index (κ2) is 5.84. The van der Waals surface area contributed by atoms with E-state index in [-0.39, 0.29) is 0 Å². The zero-order valence-corrected chi connectivity index (χ0v) is 11.6. The van der Waals surface area contributed by atoms with Crippen LogP contribution in [0.1, 0.15) is 29.2 Å². The molecule has 0 radical (unpaired) electrons. The van der Waals surface area contributed by atoms with E-state index < -0.39 is 0 Å². The van der Waals surface area contributed by atoms with Crippen molar-refractivity contribution < 1.29 is 4.79 Å². The average molecular weight is 274 g/mol. The van der Waals surface area contributed by atoms with Crippen molar-refractivity contribution in [3.63, 3.8) is 0 Å². The Hall–Kier alpha value is -1.88. The monoisotopic (exact) mass is 274 g/mol. The van der Waals surface area contributed by atoms with Crippen LogP contribution in [0.4, 0.5) is 5.69 Å². The van der Waals surface area contributed by atoms with Crippen LogP contribution in [0.25, 0.3) is 10.6 Å². The highest BCUT2D eigenvalue weighted by molar-refractivity contribution is 7.15. The molecular weight excluding hydrogens is 260 g/mol. The molecule has 0 amide bonds. The van der Waals surface area contributed by atoms with Crippen LogP contribution in [-0.2, 0) is 6.42 Å². The maximum atomic E-state index is 11.1. The van der Waals surface area contributed by atoms with E-state index in [1.54, 1.807) is 18.2 Å². The minimum absolute atomic E-state index is 0.352. The first-order valence-corrected chi connectivity index (χ1v) is 6.85. The molecule has 0 atom stereocenters. The molecule has 1 aromatic heterocycles. The molecule has 0 bridgehead atoms. The van der Waals surface area contributed by atoms with E-state index in [1.165, 1.54) is 11.3 Å². The Balaban J connectivity index is 2.48. The number of aldehydes is 1. The van der Waals surface area contributed by atoms with Gasteiger partial charge in [0.15, 0.2) is 6.29 Å². The molecule has 0 aliphatic heterocycles. The van der Waals surface area contributed by atoms with Crippen LogP contribution < -0.4 is 0 Å². The van der Waals surface area contributed by atoms with Gasteiger partial charge in [0.1, 0.15) is 16.4 Å². The molecule has 2 rings (SSSR count). The van der Waals surface area contributed by atoms with Crippen molar-refractivity contribution in [1.82, 2.24) is 4.98 Å². The summed E-state index contributed by atoms with van der Waals surface area (Å²) >= 11 is 1.45. The van der Waals surface area contributed by atoms with Crippen LogP contribution in [0.5, 0.6) is 0 Å². The van der Waals surface area contributed by atoms with E-state index in [2.05, 4.69) is 24.0 Å². The third-order valence-electron chi connectivity index (χ3n) is 2.67. The van der Waals surface area contributed by atoms with Crippen molar-refractivity contribution in [1.29, 1.82) is 0 Å². The summed E-state index contributed by atoms with van der Waals surface area (Å²) in [6, 6.07) is 7.02.